The van der Waals surface area contributed by atoms with Crippen molar-refractivity contribution in [3.05, 3.63) is 107 Å². The molecule has 35 heavy (non-hydrogen) atoms. The maximum atomic E-state index is 13.0. The Bertz CT molecular complexity index is 1520. The smallest absolute Gasteiger partial charge is 0.313 e. The molecule has 1 heterocycles. The number of fused-ring (bicyclic) bond motifs is 1. The average molecular weight is 576 g/mol. The van der Waals surface area contributed by atoms with Crippen LogP contribution in [0, 0.1) is 10.1 Å². The zero-order chi connectivity index (χ0) is 25.1. The maximum Gasteiger partial charge on any atom is 0.313 e. The first-order valence-electron chi connectivity index (χ1n) is 10.4. The van der Waals surface area contributed by atoms with Crippen molar-refractivity contribution in [2.75, 3.05) is 0 Å². The quantitative estimate of drug-likeness (QED) is 0.144. The van der Waals surface area contributed by atoms with E-state index < -0.39 is 4.92 Å². The number of hydrogen-bond donors (Lipinski definition) is 0. The Kier molecular flexibility index (Phi) is 7.49. The summed E-state index contributed by atoms with van der Waals surface area (Å²) in [5.41, 5.74) is 0.975. The van der Waals surface area contributed by atoms with Crippen molar-refractivity contribution >= 4 is 61.9 Å². The largest absolute Gasteiger partial charge is 0.481 e. The molecule has 8 nitrogen and oxygen atoms in total. The van der Waals surface area contributed by atoms with Gasteiger partial charge in [-0.25, -0.2) is 4.98 Å². The van der Waals surface area contributed by atoms with E-state index in [0.29, 0.717) is 33.7 Å². The summed E-state index contributed by atoms with van der Waals surface area (Å²) in [4.78, 5) is 28.7. The number of nitro groups is 1. The summed E-state index contributed by atoms with van der Waals surface area (Å²) in [6.07, 6.45) is 1.78. The molecule has 4 aromatic rings. The van der Waals surface area contributed by atoms with E-state index in [4.69, 9.17) is 27.9 Å². The second kappa shape index (κ2) is 10.6. The monoisotopic (exact) mass is 574 g/mol. The van der Waals surface area contributed by atoms with Crippen LogP contribution in [0.2, 0.25) is 10.0 Å². The zero-order valence-electron chi connectivity index (χ0n) is 18.2. The van der Waals surface area contributed by atoms with Crippen LogP contribution in [0.1, 0.15) is 23.9 Å². The van der Waals surface area contributed by atoms with E-state index in [1.54, 1.807) is 42.5 Å². The number of halogens is 3. The minimum absolute atomic E-state index is 0.0400. The highest BCUT2D eigenvalue weighted by atomic mass is 79.9. The third-order valence-corrected chi connectivity index (χ3v) is 6.08. The number of rotatable bonds is 7. The number of ether oxygens (including phenoxy) is 1. The van der Waals surface area contributed by atoms with Crippen LogP contribution in [-0.2, 0) is 13.0 Å². The van der Waals surface area contributed by atoms with Gasteiger partial charge < -0.3 is 4.74 Å². The fourth-order valence-electron chi connectivity index (χ4n) is 3.36. The average Bonchev–Trinajstić information content (AvgIpc) is 2.83. The third-order valence-electron chi connectivity index (χ3n) is 5.05. The highest BCUT2D eigenvalue weighted by molar-refractivity contribution is 9.10. The highest BCUT2D eigenvalue weighted by Crippen LogP contribution is 2.36. The van der Waals surface area contributed by atoms with Gasteiger partial charge in [0.15, 0.2) is 0 Å². The normalized spacial score (nSPS) is 11.3. The van der Waals surface area contributed by atoms with Crippen molar-refractivity contribution in [1.29, 1.82) is 0 Å². The molecule has 1 aromatic heterocycles. The van der Waals surface area contributed by atoms with Crippen LogP contribution in [0.5, 0.6) is 5.75 Å². The SMILES string of the molecule is CCc1nc2ccc(Br)cc2c(=O)n1N=Cc1cc(Cl)c(OCc2ccc(Cl)cc2)c([N+](=O)[O-])c1. The van der Waals surface area contributed by atoms with Gasteiger partial charge in [0.2, 0.25) is 5.75 Å². The van der Waals surface area contributed by atoms with Crippen LogP contribution < -0.4 is 10.3 Å². The lowest BCUT2D eigenvalue weighted by Gasteiger charge is -2.10. The molecule has 0 saturated heterocycles. The van der Waals surface area contributed by atoms with Crippen LogP contribution in [-0.4, -0.2) is 20.8 Å². The van der Waals surface area contributed by atoms with Crippen molar-refractivity contribution in [3.8, 4) is 5.75 Å². The first-order valence-corrected chi connectivity index (χ1v) is 11.9. The number of benzene rings is 3. The van der Waals surface area contributed by atoms with E-state index in [1.165, 1.54) is 23.0 Å². The highest BCUT2D eigenvalue weighted by Gasteiger charge is 2.21. The molecule has 11 heteroatoms. The summed E-state index contributed by atoms with van der Waals surface area (Å²) in [6.45, 7) is 1.92. The fraction of sp³-hybridized carbons (Fsp3) is 0.125. The number of aryl methyl sites for hydroxylation is 1. The third kappa shape index (κ3) is 5.53. The van der Waals surface area contributed by atoms with Gasteiger partial charge in [-0.05, 0) is 42.0 Å². The first kappa shape index (κ1) is 24.8. The molecule has 0 aliphatic heterocycles. The van der Waals surface area contributed by atoms with Gasteiger partial charge >= 0.3 is 5.69 Å². The molecule has 0 saturated carbocycles. The zero-order valence-corrected chi connectivity index (χ0v) is 21.3. The number of aromatic nitrogens is 2. The van der Waals surface area contributed by atoms with Crippen molar-refractivity contribution in [3.63, 3.8) is 0 Å². The van der Waals surface area contributed by atoms with Crippen molar-refractivity contribution < 1.29 is 9.66 Å². The predicted octanol–water partition coefficient (Wildman–Crippen LogP) is 6.40. The molecule has 0 unspecified atom stereocenters. The minimum Gasteiger partial charge on any atom is -0.481 e. The van der Waals surface area contributed by atoms with Gasteiger partial charge in [-0.1, -0.05) is 58.2 Å². The van der Waals surface area contributed by atoms with Crippen LogP contribution >= 0.6 is 39.1 Å². The van der Waals surface area contributed by atoms with Gasteiger partial charge in [-0.3, -0.25) is 14.9 Å². The van der Waals surface area contributed by atoms with Gasteiger partial charge in [-0.2, -0.15) is 9.78 Å². The van der Waals surface area contributed by atoms with Gasteiger partial charge in [-0.15, -0.1) is 0 Å². The van der Waals surface area contributed by atoms with Crippen molar-refractivity contribution in [2.24, 2.45) is 5.10 Å². The summed E-state index contributed by atoms with van der Waals surface area (Å²) >= 11 is 15.6. The summed E-state index contributed by atoms with van der Waals surface area (Å²) in [6, 6.07) is 14.9. The second-order valence-electron chi connectivity index (χ2n) is 7.43. The number of nitrogens with zero attached hydrogens (tertiary/aromatic N) is 4. The summed E-state index contributed by atoms with van der Waals surface area (Å²) in [5.74, 6) is 0.386. The van der Waals surface area contributed by atoms with Gasteiger partial charge in [0.05, 0.1) is 27.1 Å². The van der Waals surface area contributed by atoms with E-state index in [-0.39, 0.29) is 28.6 Å². The van der Waals surface area contributed by atoms with E-state index in [9.17, 15) is 14.9 Å². The summed E-state index contributed by atoms with van der Waals surface area (Å²) in [5, 5.41) is 17.0. The molecule has 0 bridgehead atoms. The van der Waals surface area contributed by atoms with Gasteiger partial charge in [0.1, 0.15) is 12.4 Å². The lowest BCUT2D eigenvalue weighted by atomic mass is 10.2. The molecule has 0 aliphatic rings. The Morgan fingerprint density at radius 3 is 2.60 bits per heavy atom. The Hall–Kier alpha value is -3.27. The van der Waals surface area contributed by atoms with Crippen molar-refractivity contribution in [2.45, 2.75) is 20.0 Å². The molecule has 0 N–H and O–H groups in total. The molecule has 0 radical (unpaired) electrons. The van der Waals surface area contributed by atoms with E-state index in [0.717, 1.165) is 10.0 Å². The van der Waals surface area contributed by atoms with Crippen LogP contribution in [0.15, 0.2) is 69.0 Å². The Morgan fingerprint density at radius 1 is 1.17 bits per heavy atom. The van der Waals surface area contributed by atoms with E-state index in [2.05, 4.69) is 26.0 Å². The fourth-order valence-corrected chi connectivity index (χ4v) is 4.12. The van der Waals surface area contributed by atoms with Crippen LogP contribution in [0.3, 0.4) is 0 Å². The lowest BCUT2D eigenvalue weighted by molar-refractivity contribution is -0.385. The number of nitro benzene ring substituents is 1. The van der Waals surface area contributed by atoms with E-state index >= 15 is 0 Å². The molecule has 0 spiro atoms. The molecule has 0 atom stereocenters. The van der Waals surface area contributed by atoms with Crippen LogP contribution in [0.25, 0.3) is 10.9 Å². The lowest BCUT2D eigenvalue weighted by Crippen LogP contribution is -2.22. The Morgan fingerprint density at radius 2 is 1.91 bits per heavy atom. The standard InChI is InChI=1S/C24H17BrCl2N4O4/c1-2-22-29-20-8-5-16(25)11-18(20)24(32)30(22)28-12-15-9-19(27)23(21(10-15)31(33)34)35-13-14-3-6-17(26)7-4-14/h3-12H,2,13H2,1H3. The summed E-state index contributed by atoms with van der Waals surface area (Å²) in [7, 11) is 0. The minimum atomic E-state index is -0.584. The molecule has 3 aromatic carbocycles. The molecule has 0 aliphatic carbocycles. The molecule has 4 rings (SSSR count). The molecule has 0 fully saturated rings. The first-order chi connectivity index (χ1) is 16.8. The van der Waals surface area contributed by atoms with Crippen molar-refractivity contribution in [1.82, 2.24) is 9.66 Å². The predicted molar refractivity (Wildman–Crippen MR) is 140 cm³/mol. The maximum absolute atomic E-state index is 13.0. The Balaban J connectivity index is 1.69. The second-order valence-corrected chi connectivity index (χ2v) is 9.19. The molecular formula is C24H17BrCl2N4O4. The van der Waals surface area contributed by atoms with E-state index in [1.807, 2.05) is 6.92 Å². The van der Waals surface area contributed by atoms with Gasteiger partial charge in [0, 0.05) is 27.5 Å². The molecular weight excluding hydrogens is 559 g/mol. The van der Waals surface area contributed by atoms with Crippen LogP contribution in [0.4, 0.5) is 5.69 Å². The molecule has 0 amide bonds. The summed E-state index contributed by atoms with van der Waals surface area (Å²) < 4.78 is 7.57. The van der Waals surface area contributed by atoms with Gasteiger partial charge in [0.25, 0.3) is 5.56 Å². The topological polar surface area (TPSA) is 99.6 Å². The Labute approximate surface area is 218 Å². The molecule has 178 valence electrons. The number of hydrogen-bond acceptors (Lipinski definition) is 6.